The van der Waals surface area contributed by atoms with Crippen LogP contribution in [0.4, 0.5) is 0 Å². The summed E-state index contributed by atoms with van der Waals surface area (Å²) in [6.07, 6.45) is 1.50. The van der Waals surface area contributed by atoms with Crippen LogP contribution in [0, 0.1) is 0 Å². The van der Waals surface area contributed by atoms with Gasteiger partial charge in [0.05, 0.1) is 5.56 Å². The number of esters is 1. The van der Waals surface area contributed by atoms with Crippen LogP contribution < -0.4 is 0 Å². The number of benzene rings is 1. The standard InChI is InChI=1S/C16H11ClN2O3/c17-15-13(7-4-8-18-15)16(20)21-10-12-9-14(22-19-12)11-5-2-1-3-6-11/h1-9H,10H2. The summed E-state index contributed by atoms with van der Waals surface area (Å²) in [5.41, 5.74) is 1.64. The predicted octanol–water partition coefficient (Wildman–Crippen LogP) is 3.75. The van der Waals surface area contributed by atoms with Gasteiger partial charge in [0.25, 0.3) is 0 Å². The van der Waals surface area contributed by atoms with Gasteiger partial charge in [0.2, 0.25) is 0 Å². The second kappa shape index (κ2) is 6.41. The number of rotatable bonds is 4. The lowest BCUT2D eigenvalue weighted by atomic mass is 10.2. The number of carbonyl (C=O) groups excluding carboxylic acids is 1. The van der Waals surface area contributed by atoms with Gasteiger partial charge >= 0.3 is 5.97 Å². The van der Waals surface area contributed by atoms with Crippen molar-refractivity contribution in [1.29, 1.82) is 0 Å². The molecule has 0 aliphatic carbocycles. The average Bonchev–Trinajstić information content (AvgIpc) is 3.03. The van der Waals surface area contributed by atoms with E-state index in [9.17, 15) is 4.79 Å². The molecule has 0 saturated carbocycles. The van der Waals surface area contributed by atoms with Gasteiger partial charge in [-0.1, -0.05) is 47.1 Å². The smallest absolute Gasteiger partial charge is 0.341 e. The number of nitrogens with zero attached hydrogens (tertiary/aromatic N) is 2. The van der Waals surface area contributed by atoms with E-state index < -0.39 is 5.97 Å². The van der Waals surface area contributed by atoms with Gasteiger partial charge in [0.15, 0.2) is 5.76 Å². The first-order chi connectivity index (χ1) is 10.7. The Morgan fingerprint density at radius 3 is 2.77 bits per heavy atom. The van der Waals surface area contributed by atoms with E-state index in [2.05, 4.69) is 10.1 Å². The molecule has 6 heteroatoms. The van der Waals surface area contributed by atoms with Crippen LogP contribution in [0.3, 0.4) is 0 Å². The molecule has 0 spiro atoms. The maximum atomic E-state index is 11.9. The molecule has 0 aliphatic heterocycles. The highest BCUT2D eigenvalue weighted by Crippen LogP contribution is 2.20. The summed E-state index contributed by atoms with van der Waals surface area (Å²) in [6.45, 7) is 0.000387. The molecule has 0 unspecified atom stereocenters. The van der Waals surface area contributed by atoms with Gasteiger partial charge in [-0.3, -0.25) is 0 Å². The second-order valence-electron chi connectivity index (χ2n) is 4.47. The van der Waals surface area contributed by atoms with Crippen molar-refractivity contribution in [2.45, 2.75) is 6.61 Å². The lowest BCUT2D eigenvalue weighted by Gasteiger charge is -2.03. The van der Waals surface area contributed by atoms with E-state index in [0.717, 1.165) is 5.56 Å². The minimum atomic E-state index is -0.553. The lowest BCUT2D eigenvalue weighted by molar-refractivity contribution is 0.0464. The van der Waals surface area contributed by atoms with E-state index >= 15 is 0 Å². The maximum absolute atomic E-state index is 11.9. The van der Waals surface area contributed by atoms with Crippen molar-refractivity contribution >= 4 is 17.6 Å². The Morgan fingerprint density at radius 1 is 1.18 bits per heavy atom. The van der Waals surface area contributed by atoms with E-state index in [4.69, 9.17) is 20.9 Å². The molecule has 0 N–H and O–H groups in total. The number of carbonyl (C=O) groups is 1. The Balaban J connectivity index is 1.67. The Morgan fingerprint density at radius 2 is 2.00 bits per heavy atom. The second-order valence-corrected chi connectivity index (χ2v) is 4.82. The molecule has 0 saturated heterocycles. The third-order valence-corrected chi connectivity index (χ3v) is 3.25. The van der Waals surface area contributed by atoms with Gasteiger partial charge < -0.3 is 9.26 Å². The largest absolute Gasteiger partial charge is 0.455 e. The van der Waals surface area contributed by atoms with Crippen molar-refractivity contribution in [3.05, 3.63) is 71.1 Å². The number of hydrogen-bond acceptors (Lipinski definition) is 5. The van der Waals surface area contributed by atoms with Crippen molar-refractivity contribution < 1.29 is 14.1 Å². The lowest BCUT2D eigenvalue weighted by Crippen LogP contribution is -2.06. The molecule has 3 aromatic rings. The highest BCUT2D eigenvalue weighted by molar-refractivity contribution is 6.32. The first-order valence-electron chi connectivity index (χ1n) is 6.52. The molecule has 110 valence electrons. The summed E-state index contributed by atoms with van der Waals surface area (Å²) < 4.78 is 10.4. The third-order valence-electron chi connectivity index (χ3n) is 2.95. The average molecular weight is 315 g/mol. The van der Waals surface area contributed by atoms with E-state index in [-0.39, 0.29) is 17.3 Å². The van der Waals surface area contributed by atoms with Gasteiger partial charge in [-0.2, -0.15) is 0 Å². The summed E-state index contributed by atoms with van der Waals surface area (Å²) in [7, 11) is 0. The molecule has 0 amide bonds. The minimum Gasteiger partial charge on any atom is -0.455 e. The number of ether oxygens (including phenoxy) is 1. The van der Waals surface area contributed by atoms with E-state index in [0.29, 0.717) is 11.5 Å². The number of hydrogen-bond donors (Lipinski definition) is 0. The highest BCUT2D eigenvalue weighted by Gasteiger charge is 2.14. The molecule has 2 heterocycles. The van der Waals surface area contributed by atoms with E-state index in [1.54, 1.807) is 18.2 Å². The highest BCUT2D eigenvalue weighted by atomic mass is 35.5. The monoisotopic (exact) mass is 314 g/mol. The fourth-order valence-corrected chi connectivity index (χ4v) is 2.07. The summed E-state index contributed by atoms with van der Waals surface area (Å²) >= 11 is 5.84. The SMILES string of the molecule is O=C(OCc1cc(-c2ccccc2)on1)c1cccnc1Cl. The van der Waals surface area contributed by atoms with Crippen LogP contribution in [-0.4, -0.2) is 16.1 Å². The van der Waals surface area contributed by atoms with Crippen molar-refractivity contribution in [3.8, 4) is 11.3 Å². The molecule has 0 fully saturated rings. The topological polar surface area (TPSA) is 65.2 Å². The van der Waals surface area contributed by atoms with Crippen LogP contribution in [0.25, 0.3) is 11.3 Å². The van der Waals surface area contributed by atoms with Gasteiger partial charge in [0.1, 0.15) is 17.5 Å². The summed E-state index contributed by atoms with van der Waals surface area (Å²) in [4.78, 5) is 15.7. The Labute approximate surface area is 131 Å². The molecule has 0 aliphatic rings. The fourth-order valence-electron chi connectivity index (χ4n) is 1.87. The van der Waals surface area contributed by atoms with Gasteiger partial charge in [-0.05, 0) is 12.1 Å². The quantitative estimate of drug-likeness (QED) is 0.542. The fraction of sp³-hybridized carbons (Fsp3) is 0.0625. The van der Waals surface area contributed by atoms with E-state index in [1.165, 1.54) is 6.20 Å². The summed E-state index contributed by atoms with van der Waals surface area (Å²) in [6, 6.07) is 14.4. The number of aromatic nitrogens is 2. The normalized spacial score (nSPS) is 10.4. The van der Waals surface area contributed by atoms with Crippen molar-refractivity contribution in [2.75, 3.05) is 0 Å². The van der Waals surface area contributed by atoms with Crippen LogP contribution in [0.1, 0.15) is 16.1 Å². The zero-order chi connectivity index (χ0) is 15.4. The van der Waals surface area contributed by atoms with Crippen molar-refractivity contribution in [1.82, 2.24) is 10.1 Å². The minimum absolute atomic E-state index is 0.000387. The molecule has 2 aromatic heterocycles. The molecule has 0 bridgehead atoms. The first-order valence-corrected chi connectivity index (χ1v) is 6.90. The predicted molar refractivity (Wildman–Crippen MR) is 80.3 cm³/mol. The molecular weight excluding hydrogens is 304 g/mol. The maximum Gasteiger partial charge on any atom is 0.341 e. The summed E-state index contributed by atoms with van der Waals surface area (Å²) in [5, 5.41) is 3.99. The molecule has 5 nitrogen and oxygen atoms in total. The van der Waals surface area contributed by atoms with Crippen LogP contribution in [0.2, 0.25) is 5.15 Å². The molecule has 0 atom stereocenters. The van der Waals surface area contributed by atoms with E-state index in [1.807, 2.05) is 30.3 Å². The summed E-state index contributed by atoms with van der Waals surface area (Å²) in [5.74, 6) is 0.0634. The Hall–Kier alpha value is -2.66. The van der Waals surface area contributed by atoms with Gasteiger partial charge in [0, 0.05) is 17.8 Å². The number of pyridine rings is 1. The first kappa shape index (κ1) is 14.3. The zero-order valence-electron chi connectivity index (χ0n) is 11.4. The van der Waals surface area contributed by atoms with Crippen LogP contribution in [-0.2, 0) is 11.3 Å². The molecular formula is C16H11ClN2O3. The Kier molecular flexibility index (Phi) is 4.16. The molecule has 0 radical (unpaired) electrons. The molecule has 1 aromatic carbocycles. The van der Waals surface area contributed by atoms with Crippen LogP contribution in [0.5, 0.6) is 0 Å². The van der Waals surface area contributed by atoms with Crippen molar-refractivity contribution in [2.24, 2.45) is 0 Å². The van der Waals surface area contributed by atoms with Crippen LogP contribution >= 0.6 is 11.6 Å². The zero-order valence-corrected chi connectivity index (χ0v) is 12.2. The van der Waals surface area contributed by atoms with Gasteiger partial charge in [-0.15, -0.1) is 0 Å². The molecule has 22 heavy (non-hydrogen) atoms. The molecule has 3 rings (SSSR count). The van der Waals surface area contributed by atoms with Crippen LogP contribution in [0.15, 0.2) is 59.3 Å². The van der Waals surface area contributed by atoms with Crippen molar-refractivity contribution in [3.63, 3.8) is 0 Å². The third kappa shape index (κ3) is 3.15. The Bertz CT molecular complexity index is 787. The van der Waals surface area contributed by atoms with Gasteiger partial charge in [-0.25, -0.2) is 9.78 Å². The number of halogens is 1.